The van der Waals surface area contributed by atoms with Crippen LogP contribution in [0.1, 0.15) is 50.6 Å². The number of hydrogen-bond donors (Lipinski definition) is 2. The van der Waals surface area contributed by atoms with Crippen LogP contribution in [0.5, 0.6) is 0 Å². The molecule has 166 valence electrons. The SMILES string of the molecule is O=C(Cc1cnc(CC2CCNCC2)nc1)c1cc(C(=O)c2c(Cl)ccc(Cl)c2F)c[nH]1. The summed E-state index contributed by atoms with van der Waals surface area (Å²) >= 11 is 11.7. The summed E-state index contributed by atoms with van der Waals surface area (Å²) in [6, 6.07) is 4.02. The number of aromatic amines is 1. The van der Waals surface area contributed by atoms with Gasteiger partial charge in [-0.1, -0.05) is 23.2 Å². The number of rotatable bonds is 7. The second-order valence-corrected chi connectivity index (χ2v) is 8.67. The zero-order valence-electron chi connectivity index (χ0n) is 17.1. The molecule has 3 heterocycles. The highest BCUT2D eigenvalue weighted by molar-refractivity contribution is 6.37. The Labute approximate surface area is 194 Å². The van der Waals surface area contributed by atoms with E-state index in [-0.39, 0.29) is 39.1 Å². The predicted octanol–water partition coefficient (Wildman–Crippen LogP) is 4.45. The van der Waals surface area contributed by atoms with Crippen LogP contribution in [0.25, 0.3) is 0 Å². The second-order valence-electron chi connectivity index (χ2n) is 7.85. The minimum atomic E-state index is -0.889. The Morgan fingerprint density at radius 2 is 1.78 bits per heavy atom. The normalized spacial score (nSPS) is 14.5. The fourth-order valence-electron chi connectivity index (χ4n) is 3.77. The van der Waals surface area contributed by atoms with Crippen LogP contribution in [0.15, 0.2) is 36.8 Å². The molecule has 4 rings (SSSR count). The lowest BCUT2D eigenvalue weighted by atomic mass is 9.94. The third kappa shape index (κ3) is 5.06. The summed E-state index contributed by atoms with van der Waals surface area (Å²) < 4.78 is 14.3. The number of piperidine rings is 1. The molecule has 0 amide bonds. The van der Waals surface area contributed by atoms with Gasteiger partial charge in [0, 0.05) is 37.0 Å². The van der Waals surface area contributed by atoms with E-state index in [4.69, 9.17) is 23.2 Å². The van der Waals surface area contributed by atoms with Gasteiger partial charge >= 0.3 is 0 Å². The van der Waals surface area contributed by atoms with Crippen molar-refractivity contribution in [1.82, 2.24) is 20.3 Å². The highest BCUT2D eigenvalue weighted by Crippen LogP contribution is 2.28. The molecule has 32 heavy (non-hydrogen) atoms. The molecule has 3 aromatic rings. The minimum Gasteiger partial charge on any atom is -0.358 e. The van der Waals surface area contributed by atoms with Crippen molar-refractivity contribution in [3.63, 3.8) is 0 Å². The number of H-pyrrole nitrogens is 1. The number of hydrogen-bond acceptors (Lipinski definition) is 5. The zero-order chi connectivity index (χ0) is 22.7. The predicted molar refractivity (Wildman–Crippen MR) is 120 cm³/mol. The molecule has 6 nitrogen and oxygen atoms in total. The molecule has 1 aliphatic heterocycles. The molecule has 0 bridgehead atoms. The number of carbonyl (C=O) groups is 2. The molecular weight excluding hydrogens is 454 g/mol. The lowest BCUT2D eigenvalue weighted by Crippen LogP contribution is -2.29. The van der Waals surface area contributed by atoms with Gasteiger partial charge in [0.05, 0.1) is 21.3 Å². The van der Waals surface area contributed by atoms with Gasteiger partial charge in [-0.2, -0.15) is 0 Å². The van der Waals surface area contributed by atoms with E-state index >= 15 is 0 Å². The zero-order valence-corrected chi connectivity index (χ0v) is 18.6. The second kappa shape index (κ2) is 9.90. The fraction of sp³-hybridized carbons (Fsp3) is 0.304. The monoisotopic (exact) mass is 474 g/mol. The number of Topliss-reactive ketones (excluding diaryl/α,β-unsaturated/α-hetero) is 1. The van der Waals surface area contributed by atoms with Crippen LogP contribution in [0.3, 0.4) is 0 Å². The lowest BCUT2D eigenvalue weighted by Gasteiger charge is -2.21. The number of nitrogens with one attached hydrogen (secondary N) is 2. The van der Waals surface area contributed by atoms with E-state index in [1.165, 1.54) is 24.4 Å². The van der Waals surface area contributed by atoms with Crippen molar-refractivity contribution < 1.29 is 14.0 Å². The van der Waals surface area contributed by atoms with Crippen LogP contribution < -0.4 is 5.32 Å². The van der Waals surface area contributed by atoms with Gasteiger partial charge < -0.3 is 10.3 Å². The molecule has 0 spiro atoms. The van der Waals surface area contributed by atoms with E-state index in [9.17, 15) is 14.0 Å². The topological polar surface area (TPSA) is 87.7 Å². The number of ketones is 2. The molecule has 0 radical (unpaired) electrons. The summed E-state index contributed by atoms with van der Waals surface area (Å²) in [7, 11) is 0. The van der Waals surface area contributed by atoms with Gasteiger partial charge in [0.25, 0.3) is 0 Å². The molecule has 1 fully saturated rings. The first-order valence-corrected chi connectivity index (χ1v) is 11.1. The van der Waals surface area contributed by atoms with Gasteiger partial charge in [-0.15, -0.1) is 0 Å². The quantitative estimate of drug-likeness (QED) is 0.390. The molecule has 2 N–H and O–H groups in total. The summed E-state index contributed by atoms with van der Waals surface area (Å²) in [5, 5.41) is 3.09. The summed E-state index contributed by atoms with van der Waals surface area (Å²) in [5.74, 6) is -0.426. The Balaban J connectivity index is 1.42. The molecule has 1 saturated heterocycles. The standard InChI is InChI=1S/C23H21Cl2FN4O2/c24-16-1-2-17(25)22(26)21(16)23(32)15-9-18(28-12-15)19(31)7-14-10-29-20(30-11-14)8-13-3-5-27-6-4-13/h1-2,9-13,27-28H,3-8H2. The summed E-state index contributed by atoms with van der Waals surface area (Å²) in [4.78, 5) is 36.9. The largest absolute Gasteiger partial charge is 0.358 e. The summed E-state index contributed by atoms with van der Waals surface area (Å²) in [6.45, 7) is 2.04. The number of nitrogens with zero attached hydrogens (tertiary/aromatic N) is 2. The smallest absolute Gasteiger partial charge is 0.199 e. The molecule has 0 unspecified atom stereocenters. The van der Waals surface area contributed by atoms with Crippen LogP contribution in [-0.2, 0) is 12.8 Å². The van der Waals surface area contributed by atoms with Crippen molar-refractivity contribution >= 4 is 34.8 Å². The van der Waals surface area contributed by atoms with Crippen LogP contribution >= 0.6 is 23.2 Å². The molecule has 9 heteroatoms. The summed E-state index contributed by atoms with van der Waals surface area (Å²) in [5.41, 5.74) is 0.695. The molecule has 0 aliphatic carbocycles. The van der Waals surface area contributed by atoms with Crippen LogP contribution in [0.4, 0.5) is 4.39 Å². The van der Waals surface area contributed by atoms with Gasteiger partial charge in [0.1, 0.15) is 5.82 Å². The van der Waals surface area contributed by atoms with E-state index in [2.05, 4.69) is 20.3 Å². The maximum absolute atomic E-state index is 14.3. The van der Waals surface area contributed by atoms with Crippen molar-refractivity contribution in [2.45, 2.75) is 25.7 Å². The van der Waals surface area contributed by atoms with Gasteiger partial charge in [0.2, 0.25) is 0 Å². The van der Waals surface area contributed by atoms with Gasteiger partial charge in [-0.3, -0.25) is 9.59 Å². The Bertz CT molecular complexity index is 1140. The molecule has 1 aliphatic rings. The van der Waals surface area contributed by atoms with Crippen LogP contribution in [0.2, 0.25) is 10.0 Å². The number of halogens is 3. The molecule has 0 saturated carbocycles. The van der Waals surface area contributed by atoms with Crippen molar-refractivity contribution in [3.05, 3.63) is 80.9 Å². The first kappa shape index (κ1) is 22.6. The van der Waals surface area contributed by atoms with Crippen molar-refractivity contribution in [3.8, 4) is 0 Å². The maximum atomic E-state index is 14.3. The maximum Gasteiger partial charge on any atom is 0.199 e. The van der Waals surface area contributed by atoms with Crippen LogP contribution in [-0.4, -0.2) is 39.6 Å². The van der Waals surface area contributed by atoms with E-state index in [1.54, 1.807) is 12.4 Å². The molecule has 0 atom stereocenters. The first-order valence-electron chi connectivity index (χ1n) is 10.3. The third-order valence-corrected chi connectivity index (χ3v) is 6.18. The van der Waals surface area contributed by atoms with Gasteiger partial charge in [-0.05, 0) is 55.6 Å². The van der Waals surface area contributed by atoms with Gasteiger partial charge in [-0.25, -0.2) is 14.4 Å². The highest BCUT2D eigenvalue weighted by atomic mass is 35.5. The van der Waals surface area contributed by atoms with Crippen molar-refractivity contribution in [2.24, 2.45) is 5.92 Å². The van der Waals surface area contributed by atoms with E-state index in [0.717, 1.165) is 38.2 Å². The van der Waals surface area contributed by atoms with Crippen molar-refractivity contribution in [2.75, 3.05) is 13.1 Å². The molecule has 1 aromatic carbocycles. The average Bonchev–Trinajstić information content (AvgIpc) is 3.29. The van der Waals surface area contributed by atoms with Gasteiger partial charge in [0.15, 0.2) is 17.4 Å². The van der Waals surface area contributed by atoms with E-state index in [0.29, 0.717) is 11.5 Å². The van der Waals surface area contributed by atoms with Crippen molar-refractivity contribution in [1.29, 1.82) is 0 Å². The Kier molecular flexibility index (Phi) is 6.98. The third-order valence-electron chi connectivity index (χ3n) is 5.57. The minimum absolute atomic E-state index is 0.0484. The lowest BCUT2D eigenvalue weighted by molar-refractivity contribution is 0.0988. The van der Waals surface area contributed by atoms with E-state index < -0.39 is 11.6 Å². The Morgan fingerprint density at radius 1 is 1.09 bits per heavy atom. The number of carbonyl (C=O) groups excluding carboxylic acids is 2. The highest BCUT2D eigenvalue weighted by Gasteiger charge is 2.22. The number of benzene rings is 1. The van der Waals surface area contributed by atoms with E-state index in [1.807, 2.05) is 0 Å². The fourth-order valence-corrected chi connectivity index (χ4v) is 4.16. The molecule has 2 aromatic heterocycles. The average molecular weight is 475 g/mol. The summed E-state index contributed by atoms with van der Waals surface area (Å²) in [6.07, 6.45) is 7.82. The Hall–Kier alpha value is -2.61. The first-order chi connectivity index (χ1) is 15.4. The number of aromatic nitrogens is 3. The van der Waals surface area contributed by atoms with Crippen LogP contribution in [0, 0.1) is 11.7 Å². The Morgan fingerprint density at radius 3 is 2.50 bits per heavy atom. The molecular formula is C23H21Cl2FN4O2.